The summed E-state index contributed by atoms with van der Waals surface area (Å²) in [6.07, 6.45) is 2.23. The molecule has 1 rings (SSSR count). The van der Waals surface area contributed by atoms with Crippen molar-refractivity contribution in [2.24, 2.45) is 0 Å². The lowest BCUT2D eigenvalue weighted by molar-refractivity contribution is 0.159. The third-order valence-corrected chi connectivity index (χ3v) is 15.3. The topological polar surface area (TPSA) is 18.5 Å². The summed E-state index contributed by atoms with van der Waals surface area (Å²) < 4.78 is 13.2. The SMILES string of the molecule is CC(C)(C)[Si](C)(C)OCCC[C@H](O[Si](C)(C)C(C)(C)C)c1ccccc1. The maximum Gasteiger partial charge on any atom is 0.192 e. The molecule has 0 N–H and O–H groups in total. The Bertz CT molecular complexity index is 540. The van der Waals surface area contributed by atoms with E-state index in [0.29, 0.717) is 0 Å². The van der Waals surface area contributed by atoms with Crippen molar-refractivity contribution in [2.75, 3.05) is 6.61 Å². The van der Waals surface area contributed by atoms with E-state index in [1.54, 1.807) is 0 Å². The number of hydrogen-bond acceptors (Lipinski definition) is 2. The van der Waals surface area contributed by atoms with Crippen LogP contribution in [-0.2, 0) is 8.85 Å². The molecule has 0 heterocycles. The van der Waals surface area contributed by atoms with Gasteiger partial charge in [0.05, 0.1) is 6.10 Å². The minimum atomic E-state index is -1.81. The number of rotatable bonds is 8. The van der Waals surface area contributed by atoms with Crippen LogP contribution in [0.5, 0.6) is 0 Å². The van der Waals surface area contributed by atoms with Gasteiger partial charge in [0.1, 0.15) is 0 Å². The van der Waals surface area contributed by atoms with Crippen molar-refractivity contribution in [3.05, 3.63) is 35.9 Å². The van der Waals surface area contributed by atoms with Gasteiger partial charge >= 0.3 is 0 Å². The minimum absolute atomic E-state index is 0.167. The van der Waals surface area contributed by atoms with Crippen LogP contribution in [0, 0.1) is 0 Å². The average Bonchev–Trinajstić information content (AvgIpc) is 2.48. The van der Waals surface area contributed by atoms with Crippen molar-refractivity contribution < 1.29 is 8.85 Å². The quantitative estimate of drug-likeness (QED) is 0.334. The summed E-state index contributed by atoms with van der Waals surface area (Å²) >= 11 is 0. The summed E-state index contributed by atoms with van der Waals surface area (Å²) in [5.74, 6) is 0. The van der Waals surface area contributed by atoms with Crippen LogP contribution in [0.4, 0.5) is 0 Å². The smallest absolute Gasteiger partial charge is 0.192 e. The predicted octanol–water partition coefficient (Wildman–Crippen LogP) is 7.55. The summed E-state index contributed by atoms with van der Waals surface area (Å²) in [6, 6.07) is 10.7. The molecule has 0 aliphatic rings. The van der Waals surface area contributed by atoms with Gasteiger partial charge in [-0.15, -0.1) is 0 Å². The van der Waals surface area contributed by atoms with Gasteiger partial charge in [0.15, 0.2) is 16.6 Å². The first-order chi connectivity index (χ1) is 11.7. The van der Waals surface area contributed by atoms with Crippen LogP contribution in [0.1, 0.15) is 66.1 Å². The molecule has 0 aliphatic heterocycles. The summed E-state index contributed by atoms with van der Waals surface area (Å²) in [7, 11) is -3.47. The van der Waals surface area contributed by atoms with E-state index < -0.39 is 16.6 Å². The highest BCUT2D eigenvalue weighted by Crippen LogP contribution is 2.41. The van der Waals surface area contributed by atoms with E-state index >= 15 is 0 Å². The lowest BCUT2D eigenvalue weighted by Gasteiger charge is -2.40. The molecule has 0 fully saturated rings. The van der Waals surface area contributed by atoms with Crippen LogP contribution in [0.25, 0.3) is 0 Å². The molecule has 150 valence electrons. The first-order valence-corrected chi connectivity index (χ1v) is 15.9. The van der Waals surface area contributed by atoms with Gasteiger partial charge in [-0.25, -0.2) is 0 Å². The van der Waals surface area contributed by atoms with Gasteiger partial charge in [0, 0.05) is 6.61 Å². The van der Waals surface area contributed by atoms with Crippen molar-refractivity contribution in [1.82, 2.24) is 0 Å². The first kappa shape index (κ1) is 23.6. The summed E-state index contributed by atoms with van der Waals surface area (Å²) in [4.78, 5) is 0. The molecule has 26 heavy (non-hydrogen) atoms. The molecule has 4 heteroatoms. The molecular weight excluding hydrogens is 352 g/mol. The lowest BCUT2D eigenvalue weighted by atomic mass is 10.1. The second-order valence-electron chi connectivity index (χ2n) is 10.5. The summed E-state index contributed by atoms with van der Waals surface area (Å²) in [5, 5.41) is 0.487. The molecule has 0 saturated carbocycles. The number of benzene rings is 1. The van der Waals surface area contributed by atoms with Gasteiger partial charge < -0.3 is 8.85 Å². The molecule has 0 unspecified atom stereocenters. The van der Waals surface area contributed by atoms with E-state index in [1.165, 1.54) is 5.56 Å². The second kappa shape index (κ2) is 8.72. The second-order valence-corrected chi connectivity index (χ2v) is 20.1. The van der Waals surface area contributed by atoms with Gasteiger partial charge in [0.2, 0.25) is 0 Å². The molecule has 0 radical (unpaired) electrons. The van der Waals surface area contributed by atoms with Crippen molar-refractivity contribution in [3.63, 3.8) is 0 Å². The van der Waals surface area contributed by atoms with E-state index in [4.69, 9.17) is 8.85 Å². The molecule has 1 aromatic rings. The summed E-state index contributed by atoms with van der Waals surface area (Å²) in [5.41, 5.74) is 1.30. The highest BCUT2D eigenvalue weighted by atomic mass is 28.4. The fourth-order valence-electron chi connectivity index (χ4n) is 2.31. The maximum atomic E-state index is 6.78. The highest BCUT2D eigenvalue weighted by molar-refractivity contribution is 6.74. The van der Waals surface area contributed by atoms with Gasteiger partial charge in [-0.2, -0.15) is 0 Å². The van der Waals surface area contributed by atoms with E-state index in [0.717, 1.165) is 19.4 Å². The molecule has 2 nitrogen and oxygen atoms in total. The normalized spacial score (nSPS) is 15.2. The maximum absolute atomic E-state index is 6.78. The highest BCUT2D eigenvalue weighted by Gasteiger charge is 2.40. The third kappa shape index (κ3) is 6.63. The van der Waals surface area contributed by atoms with Crippen LogP contribution < -0.4 is 0 Å². The Labute approximate surface area is 165 Å². The van der Waals surface area contributed by atoms with Crippen LogP contribution >= 0.6 is 0 Å². The zero-order valence-electron chi connectivity index (χ0n) is 18.9. The molecule has 0 saturated heterocycles. The Balaban J connectivity index is 2.77. The zero-order chi connectivity index (χ0) is 20.2. The monoisotopic (exact) mass is 394 g/mol. The predicted molar refractivity (Wildman–Crippen MR) is 120 cm³/mol. The van der Waals surface area contributed by atoms with Gasteiger partial charge in [0.25, 0.3) is 0 Å². The molecule has 1 aromatic carbocycles. The molecule has 0 aromatic heterocycles. The first-order valence-electron chi connectivity index (χ1n) is 10.0. The Hall–Kier alpha value is -0.426. The van der Waals surface area contributed by atoms with Crippen LogP contribution in [0.2, 0.25) is 36.3 Å². The van der Waals surface area contributed by atoms with Crippen LogP contribution in [0.3, 0.4) is 0 Å². The Morgan fingerprint density at radius 2 is 1.31 bits per heavy atom. The Morgan fingerprint density at radius 3 is 1.77 bits per heavy atom. The Kier molecular flexibility index (Phi) is 7.92. The Morgan fingerprint density at radius 1 is 0.808 bits per heavy atom. The standard InChI is InChI=1S/C22H42O2Si2/c1-21(2,3)25(7,8)23-18-14-17-20(19-15-12-11-13-16-19)24-26(9,10)22(4,5)6/h11-13,15-16,20H,14,17-18H2,1-10H3/t20-/m0/s1. The molecule has 0 bridgehead atoms. The van der Waals surface area contributed by atoms with E-state index in [9.17, 15) is 0 Å². The third-order valence-electron chi connectivity index (χ3n) is 6.29. The molecular formula is C22H42O2Si2. The van der Waals surface area contributed by atoms with Gasteiger partial charge in [-0.05, 0) is 54.7 Å². The zero-order valence-corrected chi connectivity index (χ0v) is 20.9. The lowest BCUT2D eigenvalue weighted by Crippen LogP contribution is -2.42. The summed E-state index contributed by atoms with van der Waals surface area (Å²) in [6.45, 7) is 24.0. The van der Waals surface area contributed by atoms with Gasteiger partial charge in [-0.3, -0.25) is 0 Å². The van der Waals surface area contributed by atoms with E-state index in [1.807, 2.05) is 0 Å². The number of hydrogen-bond donors (Lipinski definition) is 0. The van der Waals surface area contributed by atoms with Crippen molar-refractivity contribution in [1.29, 1.82) is 0 Å². The van der Waals surface area contributed by atoms with E-state index in [2.05, 4.69) is 98.1 Å². The molecule has 1 atom stereocenters. The van der Waals surface area contributed by atoms with Crippen molar-refractivity contribution in [3.8, 4) is 0 Å². The largest absolute Gasteiger partial charge is 0.417 e. The average molecular weight is 395 g/mol. The molecule has 0 spiro atoms. The van der Waals surface area contributed by atoms with Crippen LogP contribution in [-0.4, -0.2) is 23.2 Å². The van der Waals surface area contributed by atoms with Crippen LogP contribution in [0.15, 0.2) is 30.3 Å². The van der Waals surface area contributed by atoms with Gasteiger partial charge in [-0.1, -0.05) is 71.9 Å². The molecule has 0 amide bonds. The van der Waals surface area contributed by atoms with Crippen molar-refractivity contribution in [2.45, 2.75) is 96.8 Å². The fraction of sp³-hybridized carbons (Fsp3) is 0.727. The fourth-order valence-corrected chi connectivity index (χ4v) is 4.71. The molecule has 0 aliphatic carbocycles. The van der Waals surface area contributed by atoms with Crippen molar-refractivity contribution >= 4 is 16.6 Å². The van der Waals surface area contributed by atoms with E-state index in [-0.39, 0.29) is 16.2 Å². The minimum Gasteiger partial charge on any atom is -0.417 e.